The first kappa shape index (κ1) is 22.0. The zero-order valence-corrected chi connectivity index (χ0v) is 17.8. The molecule has 0 aromatic heterocycles. The maximum atomic E-state index is 12.4. The van der Waals surface area contributed by atoms with Gasteiger partial charge in [0.05, 0.1) is 27.0 Å². The molecule has 1 heterocycles. The van der Waals surface area contributed by atoms with Gasteiger partial charge in [-0.25, -0.2) is 0 Å². The van der Waals surface area contributed by atoms with Crippen LogP contribution in [0.15, 0.2) is 12.1 Å². The number of benzene rings is 1. The fraction of sp³-hybridized carbons (Fsp3) is 0.526. The Kier molecular flexibility index (Phi) is 7.70. The molecule has 1 aromatic rings. The van der Waals surface area contributed by atoms with E-state index >= 15 is 0 Å². The molecular formula is C19H28N3O5S+. The van der Waals surface area contributed by atoms with Gasteiger partial charge in [0.1, 0.15) is 6.54 Å². The molecule has 2 N–H and O–H groups in total. The van der Waals surface area contributed by atoms with Crippen molar-refractivity contribution >= 4 is 28.8 Å². The van der Waals surface area contributed by atoms with Gasteiger partial charge >= 0.3 is 0 Å². The predicted molar refractivity (Wildman–Crippen MR) is 107 cm³/mol. The molecule has 1 unspecified atom stereocenters. The van der Waals surface area contributed by atoms with Gasteiger partial charge in [-0.05, 0) is 31.5 Å². The Balaban J connectivity index is 1.91. The lowest BCUT2D eigenvalue weighted by atomic mass is 10.1. The molecule has 2 atom stereocenters. The maximum absolute atomic E-state index is 12.4. The van der Waals surface area contributed by atoms with Gasteiger partial charge in [0.2, 0.25) is 5.91 Å². The minimum atomic E-state index is -0.299. The van der Waals surface area contributed by atoms with E-state index in [-0.39, 0.29) is 41.9 Å². The molecule has 0 aliphatic carbocycles. The molecule has 0 radical (unpaired) electrons. The molecule has 1 aliphatic heterocycles. The van der Waals surface area contributed by atoms with E-state index in [2.05, 4.69) is 5.32 Å². The van der Waals surface area contributed by atoms with E-state index in [0.717, 1.165) is 27.8 Å². The summed E-state index contributed by atoms with van der Waals surface area (Å²) in [6, 6.07) is 3.56. The molecule has 1 saturated heterocycles. The van der Waals surface area contributed by atoms with Crippen molar-refractivity contribution in [1.29, 1.82) is 0 Å². The highest BCUT2D eigenvalue weighted by Gasteiger charge is 2.30. The van der Waals surface area contributed by atoms with E-state index in [1.807, 2.05) is 33.0 Å². The summed E-state index contributed by atoms with van der Waals surface area (Å²) < 4.78 is 10.7. The average Bonchev–Trinajstić information content (AvgIpc) is 3.00. The van der Waals surface area contributed by atoms with Crippen LogP contribution in [-0.4, -0.2) is 68.1 Å². The smallest absolute Gasteiger partial charge is 0.288 e. The summed E-state index contributed by atoms with van der Waals surface area (Å²) in [6.07, 6.45) is 0. The summed E-state index contributed by atoms with van der Waals surface area (Å²) in [4.78, 5) is 37.8. The number of nitrogens with zero attached hydrogens (tertiary/aromatic N) is 1. The molecule has 28 heavy (non-hydrogen) atoms. The molecule has 9 heteroatoms. The lowest BCUT2D eigenvalue weighted by Crippen LogP contribution is -3.12. The summed E-state index contributed by atoms with van der Waals surface area (Å²) in [5.74, 6) is 1.19. The SMILES string of the molecule is COc1cc(C)c(C[NH+](C)[C@@H](C)C(=O)NCCN2C(=O)CSC2=O)cc1OC. The summed E-state index contributed by atoms with van der Waals surface area (Å²) in [5.41, 5.74) is 2.13. The molecule has 0 saturated carbocycles. The quantitative estimate of drug-likeness (QED) is 0.606. The third-order valence-corrected chi connectivity index (χ3v) is 5.78. The lowest BCUT2D eigenvalue weighted by Gasteiger charge is -2.23. The number of quaternary nitrogens is 1. The van der Waals surface area contributed by atoms with Crippen LogP contribution >= 0.6 is 11.8 Å². The van der Waals surface area contributed by atoms with Crippen LogP contribution in [0.2, 0.25) is 0 Å². The molecule has 1 aliphatic rings. The number of carbonyl (C=O) groups is 3. The summed E-state index contributed by atoms with van der Waals surface area (Å²) >= 11 is 0.993. The predicted octanol–water partition coefficient (Wildman–Crippen LogP) is 0.227. The van der Waals surface area contributed by atoms with E-state index in [1.165, 1.54) is 4.90 Å². The van der Waals surface area contributed by atoms with Gasteiger partial charge in [0.15, 0.2) is 17.5 Å². The van der Waals surface area contributed by atoms with Crippen molar-refractivity contribution in [2.75, 3.05) is 40.1 Å². The highest BCUT2D eigenvalue weighted by atomic mass is 32.2. The number of nitrogens with one attached hydrogen (secondary N) is 2. The molecular weight excluding hydrogens is 382 g/mol. The Hall–Kier alpha value is -2.26. The van der Waals surface area contributed by atoms with Crippen LogP contribution in [0.4, 0.5) is 4.79 Å². The second-order valence-electron chi connectivity index (χ2n) is 6.77. The number of ether oxygens (including phenoxy) is 2. The number of methoxy groups -OCH3 is 2. The second-order valence-corrected chi connectivity index (χ2v) is 7.70. The second kappa shape index (κ2) is 9.79. The Labute approximate surface area is 169 Å². The Morgan fingerprint density at radius 3 is 2.50 bits per heavy atom. The molecule has 0 bridgehead atoms. The normalized spacial score (nSPS) is 16.1. The van der Waals surface area contributed by atoms with Gasteiger partial charge in [-0.15, -0.1) is 0 Å². The fourth-order valence-corrected chi connectivity index (χ4v) is 3.68. The number of amides is 3. The first-order valence-electron chi connectivity index (χ1n) is 9.07. The average molecular weight is 411 g/mol. The molecule has 154 valence electrons. The molecule has 1 fully saturated rings. The van der Waals surface area contributed by atoms with Crippen molar-refractivity contribution in [3.63, 3.8) is 0 Å². The van der Waals surface area contributed by atoms with E-state index in [0.29, 0.717) is 18.0 Å². The number of hydrogen-bond acceptors (Lipinski definition) is 6. The minimum Gasteiger partial charge on any atom is -0.493 e. The van der Waals surface area contributed by atoms with Gasteiger partial charge in [0.25, 0.3) is 11.1 Å². The van der Waals surface area contributed by atoms with Crippen LogP contribution in [0.25, 0.3) is 0 Å². The number of likely N-dealkylation sites (N-methyl/N-ethyl adjacent to an activating group) is 1. The van der Waals surface area contributed by atoms with Crippen molar-refractivity contribution in [1.82, 2.24) is 10.2 Å². The first-order chi connectivity index (χ1) is 13.3. The van der Waals surface area contributed by atoms with Gasteiger partial charge in [0, 0.05) is 18.7 Å². The van der Waals surface area contributed by atoms with Crippen LogP contribution in [0.3, 0.4) is 0 Å². The topological polar surface area (TPSA) is 89.4 Å². The number of aryl methyl sites for hydroxylation is 1. The zero-order chi connectivity index (χ0) is 20.8. The zero-order valence-electron chi connectivity index (χ0n) is 17.0. The Bertz CT molecular complexity index is 739. The molecule has 0 spiro atoms. The summed E-state index contributed by atoms with van der Waals surface area (Å²) in [7, 11) is 5.14. The first-order valence-corrected chi connectivity index (χ1v) is 10.1. The van der Waals surface area contributed by atoms with Crippen molar-refractivity contribution in [2.45, 2.75) is 26.4 Å². The monoisotopic (exact) mass is 410 g/mol. The highest BCUT2D eigenvalue weighted by molar-refractivity contribution is 8.14. The molecule has 1 aromatic carbocycles. The van der Waals surface area contributed by atoms with E-state index in [9.17, 15) is 14.4 Å². The van der Waals surface area contributed by atoms with Gasteiger partial charge < -0.3 is 19.7 Å². The van der Waals surface area contributed by atoms with Crippen LogP contribution < -0.4 is 19.7 Å². The Morgan fingerprint density at radius 2 is 1.93 bits per heavy atom. The maximum Gasteiger partial charge on any atom is 0.288 e. The third-order valence-electron chi connectivity index (χ3n) is 4.92. The summed E-state index contributed by atoms with van der Waals surface area (Å²) in [6.45, 7) is 4.95. The van der Waals surface area contributed by atoms with E-state index in [1.54, 1.807) is 14.2 Å². The number of carbonyl (C=O) groups excluding carboxylic acids is 3. The number of rotatable bonds is 9. The largest absolute Gasteiger partial charge is 0.493 e. The van der Waals surface area contributed by atoms with Crippen molar-refractivity contribution in [2.24, 2.45) is 0 Å². The van der Waals surface area contributed by atoms with Crippen LogP contribution in [0.5, 0.6) is 11.5 Å². The molecule has 2 rings (SSSR count). The minimum absolute atomic E-state index is 0.123. The van der Waals surface area contributed by atoms with E-state index < -0.39 is 0 Å². The molecule has 3 amide bonds. The number of imide groups is 1. The highest BCUT2D eigenvalue weighted by Crippen LogP contribution is 2.29. The fourth-order valence-electron chi connectivity index (χ4n) is 2.93. The van der Waals surface area contributed by atoms with Crippen molar-refractivity contribution < 1.29 is 28.8 Å². The molecule has 8 nitrogen and oxygen atoms in total. The standard InChI is InChI=1S/C19H27N3O5S/c1-12-8-15(26-4)16(27-5)9-14(12)10-21(3)13(2)18(24)20-6-7-22-17(23)11-28-19(22)25/h8-9,13H,6-7,10-11H2,1-5H3,(H,20,24)/p+1/t13-/m0/s1. The van der Waals surface area contributed by atoms with Crippen LogP contribution in [0, 0.1) is 6.92 Å². The van der Waals surface area contributed by atoms with Gasteiger partial charge in [-0.1, -0.05) is 11.8 Å². The van der Waals surface area contributed by atoms with Crippen molar-refractivity contribution in [3.05, 3.63) is 23.3 Å². The summed E-state index contributed by atoms with van der Waals surface area (Å²) in [5, 5.41) is 2.56. The van der Waals surface area contributed by atoms with E-state index in [4.69, 9.17) is 9.47 Å². The van der Waals surface area contributed by atoms with Gasteiger partial charge in [-0.2, -0.15) is 0 Å². The number of thioether (sulfide) groups is 1. The van der Waals surface area contributed by atoms with Crippen LogP contribution in [0.1, 0.15) is 18.1 Å². The Morgan fingerprint density at radius 1 is 1.29 bits per heavy atom. The third kappa shape index (κ3) is 5.17. The van der Waals surface area contributed by atoms with Crippen molar-refractivity contribution in [3.8, 4) is 11.5 Å². The number of hydrogen-bond donors (Lipinski definition) is 2. The lowest BCUT2D eigenvalue weighted by molar-refractivity contribution is -0.908. The van der Waals surface area contributed by atoms with Crippen LogP contribution in [-0.2, 0) is 16.1 Å². The van der Waals surface area contributed by atoms with Gasteiger partial charge in [-0.3, -0.25) is 19.3 Å².